The van der Waals surface area contributed by atoms with E-state index in [2.05, 4.69) is 4.18 Å². The highest BCUT2D eigenvalue weighted by Crippen LogP contribution is 2.32. The van der Waals surface area contributed by atoms with Crippen LogP contribution in [-0.4, -0.2) is 31.0 Å². The van der Waals surface area contributed by atoms with E-state index in [0.717, 1.165) is 0 Å². The third kappa shape index (κ3) is 3.53. The van der Waals surface area contributed by atoms with Crippen molar-refractivity contribution in [3.63, 3.8) is 0 Å². The summed E-state index contributed by atoms with van der Waals surface area (Å²) in [6.07, 6.45) is 0.465. The van der Waals surface area contributed by atoms with Crippen LogP contribution in [0.15, 0.2) is 0 Å². The summed E-state index contributed by atoms with van der Waals surface area (Å²) in [7, 11) is 0. The van der Waals surface area contributed by atoms with Crippen LogP contribution in [0.5, 0.6) is 0 Å². The fourth-order valence-electron chi connectivity index (χ4n) is 1.30. The van der Waals surface area contributed by atoms with Crippen LogP contribution in [0.3, 0.4) is 0 Å². The number of halogens is 3. The summed E-state index contributed by atoms with van der Waals surface area (Å²) < 4.78 is 23.6. The minimum Gasteiger partial charge on any atom is -0.284 e. The van der Waals surface area contributed by atoms with Gasteiger partial charge in [-0.1, -0.05) is 0 Å². The Morgan fingerprint density at radius 3 is 2.08 bits per heavy atom. The lowest BCUT2D eigenvalue weighted by atomic mass is 9.96. The molecule has 3 unspecified atom stereocenters. The monoisotopic (exact) mass is 266 g/mol. The van der Waals surface area contributed by atoms with Gasteiger partial charge in [0.1, 0.15) is 6.10 Å². The van der Waals surface area contributed by atoms with E-state index < -0.39 is 28.2 Å². The fourth-order valence-corrected chi connectivity index (χ4v) is 3.40. The predicted molar refractivity (Wildman–Crippen MR) is 53.8 cm³/mol. The normalized spacial score (nSPS) is 43.1. The number of alkyl halides is 3. The van der Waals surface area contributed by atoms with Crippen molar-refractivity contribution in [1.29, 1.82) is 0 Å². The lowest BCUT2D eigenvalue weighted by molar-refractivity contribution is 0.168. The standard InChI is InChI=1S/C6H9Cl3O3S/c7-3-1-4(8)6(5(9)2-3)12-13(10)11/h3-6H,1-2H2,(H,10,11). The van der Waals surface area contributed by atoms with E-state index in [9.17, 15) is 4.21 Å². The highest BCUT2D eigenvalue weighted by atomic mass is 35.5. The van der Waals surface area contributed by atoms with Gasteiger partial charge in [-0.05, 0) is 12.8 Å². The first kappa shape index (κ1) is 12.0. The van der Waals surface area contributed by atoms with E-state index in [-0.39, 0.29) is 5.38 Å². The van der Waals surface area contributed by atoms with Crippen LogP contribution in [0, 0.1) is 0 Å². The van der Waals surface area contributed by atoms with Crippen molar-refractivity contribution in [2.45, 2.75) is 35.1 Å². The molecule has 7 heteroatoms. The molecule has 1 rings (SSSR count). The third-order valence-electron chi connectivity index (χ3n) is 1.87. The molecule has 3 atom stereocenters. The smallest absolute Gasteiger partial charge is 0.284 e. The lowest BCUT2D eigenvalue weighted by Crippen LogP contribution is -2.41. The maximum Gasteiger partial charge on any atom is 0.302 e. The van der Waals surface area contributed by atoms with Gasteiger partial charge in [0.25, 0.3) is 0 Å². The minimum absolute atomic E-state index is 0.0861. The fraction of sp³-hybridized carbons (Fsp3) is 1.00. The van der Waals surface area contributed by atoms with Crippen molar-refractivity contribution < 1.29 is 12.9 Å². The van der Waals surface area contributed by atoms with Crippen LogP contribution in [0.1, 0.15) is 12.8 Å². The average molecular weight is 268 g/mol. The van der Waals surface area contributed by atoms with Gasteiger partial charge in [-0.3, -0.25) is 8.74 Å². The maximum absolute atomic E-state index is 10.4. The van der Waals surface area contributed by atoms with Crippen LogP contribution in [-0.2, 0) is 15.5 Å². The van der Waals surface area contributed by atoms with Gasteiger partial charge in [0.05, 0.1) is 10.8 Å². The van der Waals surface area contributed by atoms with Gasteiger partial charge in [-0.2, -0.15) is 4.21 Å². The van der Waals surface area contributed by atoms with Gasteiger partial charge in [0, 0.05) is 5.38 Å². The molecule has 0 bridgehead atoms. The van der Waals surface area contributed by atoms with Gasteiger partial charge in [-0.15, -0.1) is 34.8 Å². The zero-order valence-corrected chi connectivity index (χ0v) is 9.61. The molecule has 1 fully saturated rings. The Morgan fingerprint density at radius 1 is 1.23 bits per heavy atom. The summed E-state index contributed by atoms with van der Waals surface area (Å²) in [5, 5.41) is -0.901. The quantitative estimate of drug-likeness (QED) is 0.616. The number of hydrogen-bond acceptors (Lipinski definition) is 2. The van der Waals surface area contributed by atoms with Crippen LogP contribution >= 0.6 is 34.8 Å². The van der Waals surface area contributed by atoms with Crippen molar-refractivity contribution >= 4 is 46.2 Å². The van der Waals surface area contributed by atoms with Gasteiger partial charge < -0.3 is 0 Å². The molecule has 0 aliphatic heterocycles. The largest absolute Gasteiger partial charge is 0.302 e. The second kappa shape index (κ2) is 5.14. The van der Waals surface area contributed by atoms with Crippen molar-refractivity contribution in [2.75, 3.05) is 0 Å². The molecular formula is C6H9Cl3O3S. The van der Waals surface area contributed by atoms with Crippen LogP contribution < -0.4 is 0 Å². The molecule has 0 aromatic rings. The lowest BCUT2D eigenvalue weighted by Gasteiger charge is -2.32. The van der Waals surface area contributed by atoms with Gasteiger partial charge in [0.2, 0.25) is 0 Å². The van der Waals surface area contributed by atoms with E-state index in [1.54, 1.807) is 0 Å². The van der Waals surface area contributed by atoms with Crippen molar-refractivity contribution in [3.05, 3.63) is 0 Å². The Labute approximate surface area is 94.2 Å². The van der Waals surface area contributed by atoms with Crippen LogP contribution in [0.2, 0.25) is 0 Å². The first-order chi connectivity index (χ1) is 6.00. The topological polar surface area (TPSA) is 46.5 Å². The van der Waals surface area contributed by atoms with Gasteiger partial charge in [-0.25, -0.2) is 0 Å². The summed E-state index contributed by atoms with van der Waals surface area (Å²) in [5.74, 6) is 0. The highest BCUT2D eigenvalue weighted by Gasteiger charge is 2.37. The maximum atomic E-state index is 10.4. The molecule has 0 aromatic carbocycles. The number of rotatable bonds is 2. The zero-order valence-electron chi connectivity index (χ0n) is 6.53. The first-order valence-corrected chi connectivity index (χ1v) is 6.05. The highest BCUT2D eigenvalue weighted by molar-refractivity contribution is 7.74. The minimum atomic E-state index is -2.33. The molecule has 0 saturated heterocycles. The van der Waals surface area contributed by atoms with E-state index in [4.69, 9.17) is 39.4 Å². The van der Waals surface area contributed by atoms with Gasteiger partial charge in [0.15, 0.2) is 0 Å². The van der Waals surface area contributed by atoms with E-state index in [1.165, 1.54) is 0 Å². The van der Waals surface area contributed by atoms with Gasteiger partial charge >= 0.3 is 11.4 Å². The molecule has 1 saturated carbocycles. The van der Waals surface area contributed by atoms with Crippen molar-refractivity contribution in [1.82, 2.24) is 0 Å². The second-order valence-electron chi connectivity index (χ2n) is 2.88. The Morgan fingerprint density at radius 2 is 1.69 bits per heavy atom. The molecule has 0 heterocycles. The summed E-state index contributed by atoms with van der Waals surface area (Å²) in [6, 6.07) is 0. The first-order valence-electron chi connectivity index (χ1n) is 3.71. The molecule has 0 spiro atoms. The summed E-state index contributed by atoms with van der Waals surface area (Å²) in [5.41, 5.74) is 0. The molecule has 0 amide bonds. The molecule has 3 nitrogen and oxygen atoms in total. The predicted octanol–water partition coefficient (Wildman–Crippen LogP) is 2.12. The SMILES string of the molecule is O=S(O)OC1C(Cl)CC(Cl)CC1Cl. The summed E-state index contributed by atoms with van der Waals surface area (Å²) in [6.45, 7) is 0. The number of hydrogen-bond donors (Lipinski definition) is 1. The Bertz CT molecular complexity index is 192. The van der Waals surface area contributed by atoms with Crippen LogP contribution in [0.4, 0.5) is 0 Å². The molecule has 1 aliphatic carbocycles. The Hall–Kier alpha value is 0.940. The molecule has 78 valence electrons. The third-order valence-corrected chi connectivity index (χ3v) is 3.46. The molecule has 0 radical (unpaired) electrons. The van der Waals surface area contributed by atoms with E-state index in [0.29, 0.717) is 12.8 Å². The molecule has 0 aromatic heterocycles. The zero-order chi connectivity index (χ0) is 10.0. The van der Waals surface area contributed by atoms with E-state index >= 15 is 0 Å². The molecule has 1 N–H and O–H groups in total. The van der Waals surface area contributed by atoms with Crippen LogP contribution in [0.25, 0.3) is 0 Å². The molecule has 13 heavy (non-hydrogen) atoms. The molecular weight excluding hydrogens is 258 g/mol. The Kier molecular flexibility index (Phi) is 4.75. The van der Waals surface area contributed by atoms with Crippen molar-refractivity contribution in [3.8, 4) is 0 Å². The molecule has 1 aliphatic rings. The second-order valence-corrected chi connectivity index (χ2v) is 5.24. The van der Waals surface area contributed by atoms with Crippen molar-refractivity contribution in [2.24, 2.45) is 0 Å². The Balaban J connectivity index is 2.56. The summed E-state index contributed by atoms with van der Waals surface area (Å²) in [4.78, 5) is 0. The average Bonchev–Trinajstić information content (AvgIpc) is 1.96. The van der Waals surface area contributed by atoms with E-state index in [1.807, 2.05) is 0 Å². The summed E-state index contributed by atoms with van der Waals surface area (Å²) >= 11 is 15.3.